The Morgan fingerprint density at radius 3 is 2.50 bits per heavy atom. The van der Waals surface area contributed by atoms with Crippen molar-refractivity contribution in [3.8, 4) is 0 Å². The van der Waals surface area contributed by atoms with Gasteiger partial charge in [-0.05, 0) is 28.9 Å². The number of ether oxygens (including phenoxy) is 1. The Morgan fingerprint density at radius 1 is 1.44 bits per heavy atom. The number of methoxy groups -OCH3 is 1. The maximum Gasteiger partial charge on any atom is 0.307 e. The lowest BCUT2D eigenvalue weighted by atomic mass is 9.89. The maximum atomic E-state index is 13.6. The Balaban J connectivity index is 0.00000289. The van der Waals surface area contributed by atoms with Crippen molar-refractivity contribution in [1.29, 1.82) is 0 Å². The van der Waals surface area contributed by atoms with Gasteiger partial charge < -0.3 is 10.5 Å². The van der Waals surface area contributed by atoms with E-state index in [1.807, 2.05) is 0 Å². The van der Waals surface area contributed by atoms with Crippen molar-refractivity contribution in [3.05, 3.63) is 33.8 Å². The first-order chi connectivity index (χ1) is 7.77. The van der Waals surface area contributed by atoms with E-state index >= 15 is 0 Å². The maximum absolute atomic E-state index is 13.6. The van der Waals surface area contributed by atoms with E-state index in [4.69, 9.17) is 5.73 Å². The van der Waals surface area contributed by atoms with Crippen molar-refractivity contribution < 1.29 is 18.3 Å². The summed E-state index contributed by atoms with van der Waals surface area (Å²) in [6, 6.07) is 1.95. The number of halogens is 4. The van der Waals surface area contributed by atoms with Crippen LogP contribution in [0.3, 0.4) is 0 Å². The minimum atomic E-state index is -1.26. The molecule has 0 amide bonds. The molecule has 7 heteroatoms. The molecule has 0 saturated carbocycles. The van der Waals surface area contributed by atoms with Gasteiger partial charge in [-0.15, -0.1) is 12.4 Å². The van der Waals surface area contributed by atoms with Crippen LogP contribution in [0.25, 0.3) is 0 Å². The van der Waals surface area contributed by atoms with E-state index in [-0.39, 0.29) is 28.9 Å². The van der Waals surface area contributed by atoms with Gasteiger partial charge in [-0.25, -0.2) is 8.78 Å². The van der Waals surface area contributed by atoms with Crippen LogP contribution < -0.4 is 5.73 Å². The molecule has 2 N–H and O–H groups in total. The molecule has 1 aromatic rings. The lowest BCUT2D eigenvalue weighted by Gasteiger charge is -2.24. The van der Waals surface area contributed by atoms with Crippen LogP contribution in [0.15, 0.2) is 16.6 Å². The first kappa shape index (κ1) is 17.3. The zero-order chi connectivity index (χ0) is 13.2. The molecule has 0 aromatic heterocycles. The first-order valence-corrected chi connectivity index (χ1v) is 5.58. The summed E-state index contributed by atoms with van der Waals surface area (Å²) in [4.78, 5) is 11.2. The topological polar surface area (TPSA) is 52.3 Å². The lowest BCUT2D eigenvalue weighted by Crippen LogP contribution is -2.37. The van der Waals surface area contributed by atoms with Crippen LogP contribution in [-0.2, 0) is 15.1 Å². The monoisotopic (exact) mass is 343 g/mol. The molecule has 0 spiro atoms. The summed E-state index contributed by atoms with van der Waals surface area (Å²) >= 11 is 2.94. The highest BCUT2D eigenvalue weighted by Crippen LogP contribution is 2.29. The molecule has 0 fully saturated rings. The van der Waals surface area contributed by atoms with Crippen LogP contribution in [0.5, 0.6) is 0 Å². The molecule has 0 aliphatic heterocycles. The van der Waals surface area contributed by atoms with Crippen molar-refractivity contribution >= 4 is 34.3 Å². The molecule has 1 aromatic carbocycles. The smallest absolute Gasteiger partial charge is 0.307 e. The lowest BCUT2D eigenvalue weighted by molar-refractivity contribution is -0.142. The molecule has 0 radical (unpaired) electrons. The third-order valence-corrected chi connectivity index (χ3v) is 2.97. The second kappa shape index (κ2) is 6.45. The molecule has 0 unspecified atom stereocenters. The van der Waals surface area contributed by atoms with Gasteiger partial charge in [-0.1, -0.05) is 0 Å². The molecule has 18 heavy (non-hydrogen) atoms. The molecule has 0 saturated heterocycles. The van der Waals surface area contributed by atoms with E-state index in [1.165, 1.54) is 20.1 Å². The Kier molecular flexibility index (Phi) is 6.19. The molecule has 1 atom stereocenters. The molecule has 0 bridgehead atoms. The summed E-state index contributed by atoms with van der Waals surface area (Å²) in [5, 5.41) is 0. The average Bonchev–Trinajstić information content (AvgIpc) is 2.22. The zero-order valence-corrected chi connectivity index (χ0v) is 12.2. The van der Waals surface area contributed by atoms with Crippen molar-refractivity contribution in [1.82, 2.24) is 0 Å². The summed E-state index contributed by atoms with van der Waals surface area (Å²) in [6.07, 6.45) is -0.196. The molecular weight excluding hydrogens is 331 g/mol. The molecule has 0 heterocycles. The summed E-state index contributed by atoms with van der Waals surface area (Å²) in [5.41, 5.74) is 4.65. The van der Waals surface area contributed by atoms with Gasteiger partial charge in [-0.3, -0.25) is 4.79 Å². The van der Waals surface area contributed by atoms with E-state index in [0.29, 0.717) is 0 Å². The predicted molar refractivity (Wildman–Crippen MR) is 69.5 cm³/mol. The second-order valence-corrected chi connectivity index (χ2v) is 4.77. The van der Waals surface area contributed by atoms with E-state index in [2.05, 4.69) is 20.7 Å². The van der Waals surface area contributed by atoms with Gasteiger partial charge in [0.1, 0.15) is 11.6 Å². The molecule has 0 aliphatic rings. The number of carbonyl (C=O) groups excluding carboxylic acids is 1. The number of hydrogen-bond donors (Lipinski definition) is 1. The predicted octanol–water partition coefficient (Wildman–Crippen LogP) is 2.89. The largest absolute Gasteiger partial charge is 0.469 e. The van der Waals surface area contributed by atoms with Gasteiger partial charge >= 0.3 is 5.97 Å². The Bertz CT molecular complexity index is 455. The number of esters is 1. The highest BCUT2D eigenvalue weighted by molar-refractivity contribution is 9.10. The van der Waals surface area contributed by atoms with Gasteiger partial charge in [0.05, 0.1) is 23.5 Å². The van der Waals surface area contributed by atoms with Crippen LogP contribution in [-0.4, -0.2) is 13.1 Å². The van der Waals surface area contributed by atoms with Crippen molar-refractivity contribution in [3.63, 3.8) is 0 Å². The summed E-state index contributed by atoms with van der Waals surface area (Å²) in [7, 11) is 1.22. The van der Waals surface area contributed by atoms with Crippen LogP contribution in [0, 0.1) is 11.6 Å². The van der Waals surface area contributed by atoms with Crippen LogP contribution in [0.1, 0.15) is 18.9 Å². The number of benzene rings is 1. The Hall–Kier alpha value is -0.720. The molecule has 3 nitrogen and oxygen atoms in total. The number of carbonyl (C=O) groups is 1. The van der Waals surface area contributed by atoms with Gasteiger partial charge in [0.15, 0.2) is 0 Å². The van der Waals surface area contributed by atoms with Crippen LogP contribution in [0.2, 0.25) is 0 Å². The fourth-order valence-electron chi connectivity index (χ4n) is 1.43. The van der Waals surface area contributed by atoms with Crippen LogP contribution >= 0.6 is 28.3 Å². The van der Waals surface area contributed by atoms with E-state index in [0.717, 1.165) is 6.07 Å². The minimum absolute atomic E-state index is 0. The van der Waals surface area contributed by atoms with E-state index in [1.54, 1.807) is 0 Å². The molecule has 102 valence electrons. The fraction of sp³-hybridized carbons (Fsp3) is 0.364. The van der Waals surface area contributed by atoms with Gasteiger partial charge in [-0.2, -0.15) is 0 Å². The SMILES string of the molecule is COC(=O)C[C@](C)(N)c1cc(Br)c(F)cc1F.Cl. The van der Waals surface area contributed by atoms with E-state index in [9.17, 15) is 13.6 Å². The summed E-state index contributed by atoms with van der Waals surface area (Å²) < 4.78 is 31.2. The third kappa shape index (κ3) is 3.90. The quantitative estimate of drug-likeness (QED) is 0.677. The zero-order valence-electron chi connectivity index (χ0n) is 9.80. The average molecular weight is 345 g/mol. The number of hydrogen-bond acceptors (Lipinski definition) is 3. The van der Waals surface area contributed by atoms with Crippen LogP contribution in [0.4, 0.5) is 8.78 Å². The van der Waals surface area contributed by atoms with Crippen molar-refractivity contribution in [2.45, 2.75) is 18.9 Å². The molecule has 1 rings (SSSR count). The highest BCUT2D eigenvalue weighted by Gasteiger charge is 2.29. The number of nitrogens with two attached hydrogens (primary N) is 1. The van der Waals surface area contributed by atoms with Crippen molar-refractivity contribution in [2.24, 2.45) is 5.73 Å². The van der Waals surface area contributed by atoms with Crippen molar-refractivity contribution in [2.75, 3.05) is 7.11 Å². The molecular formula is C11H13BrClF2NO2. The summed E-state index contributed by atoms with van der Waals surface area (Å²) in [6.45, 7) is 1.48. The first-order valence-electron chi connectivity index (χ1n) is 4.78. The standard InChI is InChI=1S/C11H12BrF2NO2.ClH/c1-11(15,5-10(16)17-2)6-3-7(12)9(14)4-8(6)13;/h3-4H,5,15H2,1-2H3;1H/t11-;/m0./s1. The third-order valence-electron chi connectivity index (χ3n) is 2.36. The highest BCUT2D eigenvalue weighted by atomic mass is 79.9. The fourth-order valence-corrected chi connectivity index (χ4v) is 1.77. The summed E-state index contributed by atoms with van der Waals surface area (Å²) in [5.74, 6) is -2.07. The van der Waals surface area contributed by atoms with Gasteiger partial charge in [0.2, 0.25) is 0 Å². The minimum Gasteiger partial charge on any atom is -0.469 e. The van der Waals surface area contributed by atoms with E-state index < -0.39 is 23.1 Å². The number of rotatable bonds is 3. The second-order valence-electron chi connectivity index (χ2n) is 3.92. The Morgan fingerprint density at radius 2 is 2.00 bits per heavy atom. The normalized spacial score (nSPS) is 13.4. The van der Waals surface area contributed by atoms with Gasteiger partial charge in [0, 0.05) is 11.6 Å². The van der Waals surface area contributed by atoms with Gasteiger partial charge in [0.25, 0.3) is 0 Å². The molecule has 0 aliphatic carbocycles. The Labute approximate surface area is 118 Å².